The summed E-state index contributed by atoms with van der Waals surface area (Å²) in [6, 6.07) is 0. The number of aliphatic hydroxyl groups excluding tert-OH is 6. The predicted octanol–water partition coefficient (Wildman–Crippen LogP) is -12.2. The molecule has 0 aromatic carbocycles. The molecular formula is C32H54GdN7O21. The second-order valence-corrected chi connectivity index (χ2v) is 12.2. The Bertz CT molecular complexity index is 1260. The van der Waals surface area contributed by atoms with E-state index >= 15 is 0 Å². The summed E-state index contributed by atoms with van der Waals surface area (Å²) in [4.78, 5) is 95.2. The van der Waals surface area contributed by atoms with Gasteiger partial charge in [-0.25, -0.2) is 9.59 Å². The van der Waals surface area contributed by atoms with E-state index in [2.05, 4.69) is 30.6 Å². The number of hydrogen-bond donors (Lipinski definition) is 8. The minimum atomic E-state index is -1.56. The van der Waals surface area contributed by atoms with Crippen LogP contribution in [0.5, 0.6) is 0 Å². The van der Waals surface area contributed by atoms with E-state index in [1.165, 1.54) is 4.90 Å². The van der Waals surface area contributed by atoms with E-state index in [1.807, 2.05) is 0 Å². The van der Waals surface area contributed by atoms with Crippen LogP contribution in [0.3, 0.4) is 0 Å². The number of aliphatic hydroxyl groups is 6. The van der Waals surface area contributed by atoms with E-state index in [0.29, 0.717) is 0 Å². The minimum absolute atomic E-state index is 0. The first-order valence-electron chi connectivity index (χ1n) is 17.8. The van der Waals surface area contributed by atoms with Crippen molar-refractivity contribution in [3.63, 3.8) is 0 Å². The van der Waals surface area contributed by atoms with Gasteiger partial charge in [-0.2, -0.15) is 0 Å². The van der Waals surface area contributed by atoms with Crippen molar-refractivity contribution in [3.05, 3.63) is 0 Å². The topological polar surface area (TPSA) is 437 Å². The molecule has 0 saturated heterocycles. The molecule has 2 amide bonds. The van der Waals surface area contributed by atoms with Gasteiger partial charge in [-0.15, -0.1) is 0 Å². The molecule has 0 aliphatic heterocycles. The Kier molecular flexibility index (Phi) is 38.2. The van der Waals surface area contributed by atoms with E-state index in [4.69, 9.17) is 19.7 Å². The molecule has 10 N–H and O–H groups in total. The van der Waals surface area contributed by atoms with Crippen LogP contribution >= 0.6 is 0 Å². The molecular weight excluding hydrogens is 976 g/mol. The molecule has 0 aromatic rings. The molecule has 0 aliphatic rings. The summed E-state index contributed by atoms with van der Waals surface area (Å²) in [5, 5.41) is 101. The Morgan fingerprint density at radius 3 is 1.21 bits per heavy atom. The largest absolute Gasteiger partial charge is 3.00 e. The Morgan fingerprint density at radius 1 is 0.557 bits per heavy atom. The summed E-state index contributed by atoms with van der Waals surface area (Å²) < 4.78 is 9.69. The maximum Gasteiger partial charge on any atom is 3.00 e. The van der Waals surface area contributed by atoms with Gasteiger partial charge in [0.2, 0.25) is 25.0 Å². The van der Waals surface area contributed by atoms with Crippen LogP contribution < -0.4 is 26.0 Å². The number of carbonyl (C=O) groups is 7. The van der Waals surface area contributed by atoms with Crippen molar-refractivity contribution >= 4 is 54.1 Å². The number of oxime groups is 2. The molecule has 28 nitrogen and oxygen atoms in total. The smallest absolute Gasteiger partial charge is 0.549 e. The van der Waals surface area contributed by atoms with Gasteiger partial charge in [0.15, 0.2) is 0 Å². The van der Waals surface area contributed by atoms with Crippen LogP contribution in [-0.2, 0) is 52.7 Å². The number of nitrogens with one attached hydrogen (secondary N) is 2. The maximum absolute atomic E-state index is 12.4. The number of hydrogen-bond acceptors (Lipinski definition) is 25. The van der Waals surface area contributed by atoms with Crippen LogP contribution in [-0.4, -0.2) is 241 Å². The molecule has 0 saturated carbocycles. The van der Waals surface area contributed by atoms with Crippen LogP contribution in [0.2, 0.25) is 0 Å². The summed E-state index contributed by atoms with van der Waals surface area (Å²) in [6.45, 7) is -7.55. The van der Waals surface area contributed by atoms with Crippen LogP contribution in [0.25, 0.3) is 0 Å². The van der Waals surface area contributed by atoms with Gasteiger partial charge in [-0.1, -0.05) is 10.3 Å². The van der Waals surface area contributed by atoms with E-state index in [9.17, 15) is 69.3 Å². The fraction of sp³-hybridized carbons (Fsp3) is 0.719. The van der Waals surface area contributed by atoms with Crippen molar-refractivity contribution in [2.75, 3.05) is 112 Å². The number of nitrogens with zero attached hydrogens (tertiary/aromatic N) is 5. The van der Waals surface area contributed by atoms with E-state index in [1.54, 1.807) is 0 Å². The third-order valence-corrected chi connectivity index (χ3v) is 7.25. The summed E-state index contributed by atoms with van der Waals surface area (Å²) in [5.41, 5.74) is 0. The normalized spacial score (nSPS) is 13.1. The first kappa shape index (κ1) is 61.5. The van der Waals surface area contributed by atoms with Crippen molar-refractivity contribution in [1.29, 1.82) is 0 Å². The minimum Gasteiger partial charge on any atom is -0.549 e. The number of rotatable bonds is 36. The second kappa shape index (κ2) is 37.9. The van der Waals surface area contributed by atoms with Gasteiger partial charge in [-0.3, -0.25) is 24.3 Å². The van der Waals surface area contributed by atoms with Crippen LogP contribution in [0, 0.1) is 39.9 Å². The number of ether oxygens (including phenoxy) is 2. The van der Waals surface area contributed by atoms with Gasteiger partial charge >= 0.3 is 51.9 Å². The van der Waals surface area contributed by atoms with Gasteiger partial charge in [0.1, 0.15) is 25.4 Å². The number of esters is 2. The molecule has 0 fully saturated rings. The summed E-state index contributed by atoms with van der Waals surface area (Å²) in [7, 11) is 0. The number of carbonyl (C=O) groups excluding carboxylic acids is 7. The van der Waals surface area contributed by atoms with Gasteiger partial charge in [0.05, 0.1) is 69.5 Å². The monoisotopic (exact) mass is 1030 g/mol. The molecule has 0 rings (SSSR count). The zero-order valence-corrected chi connectivity index (χ0v) is 35.2. The van der Waals surface area contributed by atoms with Crippen LogP contribution in [0.15, 0.2) is 10.3 Å². The molecule has 4 atom stereocenters. The number of amides is 2. The molecule has 29 heteroatoms. The molecule has 0 spiro atoms. The summed E-state index contributed by atoms with van der Waals surface area (Å²) >= 11 is 0. The average molecular weight is 1030 g/mol. The van der Waals surface area contributed by atoms with Crippen molar-refractivity contribution in [1.82, 2.24) is 25.3 Å². The number of aliphatic carboxylic acids is 3. The first-order valence-corrected chi connectivity index (χ1v) is 17.8. The quantitative estimate of drug-likeness (QED) is 0.0125. The van der Waals surface area contributed by atoms with Crippen molar-refractivity contribution < 1.29 is 144 Å². The maximum atomic E-state index is 12.4. The molecule has 0 bridgehead atoms. The first-order chi connectivity index (χ1) is 28.0. The van der Waals surface area contributed by atoms with Crippen molar-refractivity contribution in [3.8, 4) is 0 Å². The molecule has 61 heavy (non-hydrogen) atoms. The van der Waals surface area contributed by atoms with Gasteiger partial charge in [-0.05, 0) is 0 Å². The Balaban J connectivity index is -0.0000168. The molecule has 0 heterocycles. The third kappa shape index (κ3) is 35.5. The fourth-order valence-electron chi connectivity index (χ4n) is 4.27. The Labute approximate surface area is 381 Å². The van der Waals surface area contributed by atoms with Crippen LogP contribution in [0.1, 0.15) is 12.8 Å². The fourth-order valence-corrected chi connectivity index (χ4v) is 4.27. The van der Waals surface area contributed by atoms with E-state index in [0.717, 1.165) is 22.2 Å². The van der Waals surface area contributed by atoms with Gasteiger partial charge in [0, 0.05) is 71.1 Å². The number of carboxylic acid groups (broad SMARTS) is 3. The predicted molar refractivity (Wildman–Crippen MR) is 192 cm³/mol. The Hall–Kier alpha value is -3.85. The molecule has 0 aliphatic carbocycles. The zero-order valence-electron chi connectivity index (χ0n) is 32.9. The van der Waals surface area contributed by atoms with Gasteiger partial charge in [0.25, 0.3) is 0 Å². The zero-order chi connectivity index (χ0) is 44.6. The Morgan fingerprint density at radius 2 is 0.885 bits per heavy atom. The summed E-state index contributed by atoms with van der Waals surface area (Å²) in [6.07, 6.45) is -3.58. The van der Waals surface area contributed by atoms with Crippen LogP contribution in [0.4, 0.5) is 0 Å². The molecule has 1 radical (unpaired) electrons. The summed E-state index contributed by atoms with van der Waals surface area (Å²) in [5.74, 6) is -7.81. The third-order valence-electron chi connectivity index (χ3n) is 7.25. The molecule has 351 valence electrons. The van der Waals surface area contributed by atoms with Gasteiger partial charge < -0.3 is 95.6 Å². The number of carboxylic acids is 3. The SMILES string of the molecule is O.O=C([O-])CN(CCN(CC(=O)[O-])CC(=O)NCCOC(=O)CO/N=C\C[C@@H](O)[C@H](O)CO)CCN(CC(=O)[O-])CC(=O)NCCOC(=O)CO/N=C\C[C@@H](O)[C@H](O)CO.[Gd+3]. The van der Waals surface area contributed by atoms with Crippen molar-refractivity contribution in [2.45, 2.75) is 37.3 Å². The molecule has 0 unspecified atom stereocenters. The average Bonchev–Trinajstić information content (AvgIpc) is 3.17. The van der Waals surface area contributed by atoms with E-state index in [-0.39, 0.29) is 111 Å². The van der Waals surface area contributed by atoms with Crippen molar-refractivity contribution in [2.24, 2.45) is 10.3 Å². The molecule has 0 aromatic heterocycles. The standard InChI is InChI=1S/C32H55N7O20.Gd.H2O/c40-18-24(44)22(42)1-3-35-58-20-31(54)56-11-5-33-26(46)13-38(16-29(50)51)9-7-37(15-28(48)49)8-10-39(17-30(52)53)14-27(47)34-6-12-57-32(55)21-59-36-4-2-23(43)25(45)19-41;;/h3-4,22-25,40-45H,1-2,5-21H2,(H,33,46)(H,34,47)(H,48,49)(H,50,51)(H,52,53);;1H2/q;+3;/p-3/b35-3-,36-4-;;/t22-,23-,24-,25-;;/m1../s1. The van der Waals surface area contributed by atoms with E-state index < -0.39 is 125 Å². The second-order valence-electron chi connectivity index (χ2n) is 12.2.